The largest absolute Gasteiger partial charge is 0.337 e. The van der Waals surface area contributed by atoms with Gasteiger partial charge in [-0.15, -0.1) is 0 Å². The summed E-state index contributed by atoms with van der Waals surface area (Å²) in [5.74, 6) is -1.13. The summed E-state index contributed by atoms with van der Waals surface area (Å²) in [7, 11) is -3.96. The molecule has 1 N–H and O–H groups in total. The van der Waals surface area contributed by atoms with Gasteiger partial charge in [0.2, 0.25) is 10.0 Å². The number of amides is 2. The van der Waals surface area contributed by atoms with Crippen molar-refractivity contribution in [1.29, 1.82) is 0 Å². The lowest BCUT2D eigenvalue weighted by molar-refractivity contribution is 0.170. The number of halogens is 2. The lowest BCUT2D eigenvalue weighted by atomic mass is 9.84. The summed E-state index contributed by atoms with van der Waals surface area (Å²) in [4.78, 5) is 13.7. The zero-order valence-corrected chi connectivity index (χ0v) is 17.8. The fourth-order valence-electron chi connectivity index (χ4n) is 3.44. The van der Waals surface area contributed by atoms with E-state index >= 15 is 0 Å². The molecule has 1 aliphatic heterocycles. The fraction of sp³-hybridized carbons (Fsp3) is 0.381. The maximum Gasteiger partial charge on any atom is 0.317 e. The minimum absolute atomic E-state index is 0.0702. The molecule has 2 aromatic rings. The highest BCUT2D eigenvalue weighted by molar-refractivity contribution is 7.89. The first kappa shape index (κ1) is 22.2. The Bertz CT molecular complexity index is 1020. The van der Waals surface area contributed by atoms with E-state index in [1.165, 1.54) is 33.5 Å². The highest BCUT2D eigenvalue weighted by Crippen LogP contribution is 2.25. The van der Waals surface area contributed by atoms with E-state index in [1.54, 1.807) is 18.2 Å². The Morgan fingerprint density at radius 2 is 1.53 bits per heavy atom. The van der Waals surface area contributed by atoms with E-state index in [-0.39, 0.29) is 49.5 Å². The van der Waals surface area contributed by atoms with Crippen LogP contribution in [0.15, 0.2) is 53.4 Å². The number of sulfonamides is 1. The molecule has 9 heteroatoms. The van der Waals surface area contributed by atoms with Gasteiger partial charge >= 0.3 is 6.03 Å². The van der Waals surface area contributed by atoms with Gasteiger partial charge in [0.15, 0.2) is 0 Å². The second-order valence-electron chi connectivity index (χ2n) is 7.84. The highest BCUT2D eigenvalue weighted by atomic mass is 32.2. The zero-order chi connectivity index (χ0) is 21.9. The molecule has 1 heterocycles. The molecule has 3 rings (SSSR count). The number of urea groups is 1. The summed E-state index contributed by atoms with van der Waals surface area (Å²) in [6.45, 7) is 4.40. The van der Waals surface area contributed by atoms with E-state index in [2.05, 4.69) is 5.32 Å². The number of piperazine rings is 1. The first-order chi connectivity index (χ1) is 14.1. The van der Waals surface area contributed by atoms with Crippen molar-refractivity contribution in [3.05, 3.63) is 65.7 Å². The molecular formula is C21H25F2N3O3S. The minimum Gasteiger partial charge on any atom is -0.337 e. The van der Waals surface area contributed by atoms with Crippen LogP contribution in [0, 0.1) is 11.6 Å². The van der Waals surface area contributed by atoms with Gasteiger partial charge in [-0.2, -0.15) is 4.31 Å². The van der Waals surface area contributed by atoms with Crippen molar-refractivity contribution in [1.82, 2.24) is 14.5 Å². The Kier molecular flexibility index (Phi) is 6.42. The highest BCUT2D eigenvalue weighted by Gasteiger charge is 2.32. The lowest BCUT2D eigenvalue weighted by Gasteiger charge is -2.35. The van der Waals surface area contributed by atoms with Crippen LogP contribution in [-0.4, -0.2) is 56.4 Å². The van der Waals surface area contributed by atoms with Gasteiger partial charge < -0.3 is 10.2 Å². The molecular weight excluding hydrogens is 412 g/mol. The lowest BCUT2D eigenvalue weighted by Crippen LogP contribution is -2.54. The van der Waals surface area contributed by atoms with Crippen LogP contribution in [0.5, 0.6) is 0 Å². The van der Waals surface area contributed by atoms with Gasteiger partial charge in [-0.25, -0.2) is 22.0 Å². The third kappa shape index (κ3) is 4.62. The number of carbonyl (C=O) groups excluding carboxylic acids is 1. The van der Waals surface area contributed by atoms with Gasteiger partial charge in [0.25, 0.3) is 0 Å². The number of carbonyl (C=O) groups is 1. The van der Waals surface area contributed by atoms with Crippen LogP contribution >= 0.6 is 0 Å². The first-order valence-electron chi connectivity index (χ1n) is 9.65. The molecule has 0 atom stereocenters. The van der Waals surface area contributed by atoms with Gasteiger partial charge in [0, 0.05) is 38.1 Å². The fourth-order valence-corrected chi connectivity index (χ4v) is 4.93. The van der Waals surface area contributed by atoms with Gasteiger partial charge in [-0.05, 0) is 23.8 Å². The molecule has 0 radical (unpaired) electrons. The molecule has 1 saturated heterocycles. The van der Waals surface area contributed by atoms with E-state index in [0.29, 0.717) is 5.56 Å². The molecule has 1 aliphatic rings. The maximum absolute atomic E-state index is 14.1. The Balaban J connectivity index is 1.58. The SMILES string of the molecule is CC(C)(CNC(=O)N1CCN(S(=O)(=O)c2ccccc2F)CC1)c1ccccc1F. The molecule has 0 spiro atoms. The molecule has 0 aromatic heterocycles. The molecule has 2 amide bonds. The number of benzene rings is 2. The van der Waals surface area contributed by atoms with Crippen molar-refractivity contribution in [3.63, 3.8) is 0 Å². The Labute approximate surface area is 175 Å². The van der Waals surface area contributed by atoms with Crippen molar-refractivity contribution in [2.45, 2.75) is 24.2 Å². The van der Waals surface area contributed by atoms with Gasteiger partial charge in [-0.1, -0.05) is 44.2 Å². The third-order valence-corrected chi connectivity index (χ3v) is 7.20. The maximum atomic E-state index is 14.1. The van der Waals surface area contributed by atoms with Gasteiger partial charge in [0.1, 0.15) is 16.5 Å². The molecule has 162 valence electrons. The van der Waals surface area contributed by atoms with Crippen molar-refractivity contribution >= 4 is 16.1 Å². The average Bonchev–Trinajstić information content (AvgIpc) is 2.72. The van der Waals surface area contributed by atoms with Crippen LogP contribution in [0.25, 0.3) is 0 Å². The number of hydrogen-bond acceptors (Lipinski definition) is 3. The van der Waals surface area contributed by atoms with E-state index < -0.39 is 21.3 Å². The summed E-state index contributed by atoms with van der Waals surface area (Å²) in [5, 5.41) is 2.81. The molecule has 30 heavy (non-hydrogen) atoms. The summed E-state index contributed by atoms with van der Waals surface area (Å²) in [6, 6.07) is 11.3. The zero-order valence-electron chi connectivity index (χ0n) is 16.9. The predicted octanol–water partition coefficient (Wildman–Crippen LogP) is 2.96. The summed E-state index contributed by atoms with van der Waals surface area (Å²) in [5.41, 5.74) is -0.108. The quantitative estimate of drug-likeness (QED) is 0.782. The van der Waals surface area contributed by atoms with Gasteiger partial charge in [-0.3, -0.25) is 0 Å². The Hall–Kier alpha value is -2.52. The number of nitrogens with one attached hydrogen (secondary N) is 1. The van der Waals surface area contributed by atoms with Crippen LogP contribution in [0.4, 0.5) is 13.6 Å². The predicted molar refractivity (Wildman–Crippen MR) is 110 cm³/mol. The van der Waals surface area contributed by atoms with Crippen LogP contribution in [0.2, 0.25) is 0 Å². The van der Waals surface area contributed by atoms with Crippen LogP contribution in [0.1, 0.15) is 19.4 Å². The molecule has 1 fully saturated rings. The van der Waals surface area contributed by atoms with Crippen molar-refractivity contribution in [3.8, 4) is 0 Å². The van der Waals surface area contributed by atoms with E-state index in [1.807, 2.05) is 13.8 Å². The topological polar surface area (TPSA) is 69.7 Å². The molecule has 6 nitrogen and oxygen atoms in total. The standard InChI is InChI=1S/C21H25F2N3O3S/c1-21(2,16-7-3-4-8-17(16)22)15-24-20(27)25-11-13-26(14-12-25)30(28,29)19-10-6-5-9-18(19)23/h3-10H,11-15H2,1-2H3,(H,24,27). The molecule has 0 bridgehead atoms. The molecule has 2 aromatic carbocycles. The average molecular weight is 438 g/mol. The van der Waals surface area contributed by atoms with E-state index in [4.69, 9.17) is 0 Å². The smallest absolute Gasteiger partial charge is 0.317 e. The summed E-state index contributed by atoms with van der Waals surface area (Å²) in [6.07, 6.45) is 0. The van der Waals surface area contributed by atoms with Crippen LogP contribution in [0.3, 0.4) is 0 Å². The minimum atomic E-state index is -3.96. The number of nitrogens with zero attached hydrogens (tertiary/aromatic N) is 2. The van der Waals surface area contributed by atoms with Crippen molar-refractivity contribution < 1.29 is 22.0 Å². The summed E-state index contributed by atoms with van der Waals surface area (Å²) >= 11 is 0. The Morgan fingerprint density at radius 3 is 2.13 bits per heavy atom. The monoisotopic (exact) mass is 437 g/mol. The van der Waals surface area contributed by atoms with Crippen LogP contribution in [-0.2, 0) is 15.4 Å². The second kappa shape index (κ2) is 8.69. The van der Waals surface area contributed by atoms with Crippen LogP contribution < -0.4 is 5.32 Å². The van der Waals surface area contributed by atoms with Gasteiger partial charge in [0.05, 0.1) is 0 Å². The Morgan fingerprint density at radius 1 is 0.967 bits per heavy atom. The van der Waals surface area contributed by atoms with E-state index in [9.17, 15) is 22.0 Å². The number of rotatable bonds is 5. The number of hydrogen-bond donors (Lipinski definition) is 1. The molecule has 0 unspecified atom stereocenters. The molecule has 0 saturated carbocycles. The van der Waals surface area contributed by atoms with Crippen molar-refractivity contribution in [2.24, 2.45) is 0 Å². The first-order valence-corrected chi connectivity index (χ1v) is 11.1. The normalized spacial score (nSPS) is 15.8. The van der Waals surface area contributed by atoms with Crippen molar-refractivity contribution in [2.75, 3.05) is 32.7 Å². The third-order valence-electron chi connectivity index (χ3n) is 5.26. The second-order valence-corrected chi connectivity index (χ2v) is 9.75. The molecule has 0 aliphatic carbocycles. The summed E-state index contributed by atoms with van der Waals surface area (Å²) < 4.78 is 54.5. The van der Waals surface area contributed by atoms with E-state index in [0.717, 1.165) is 6.07 Å².